The minimum atomic E-state index is -2.26. The van der Waals surface area contributed by atoms with Crippen LogP contribution in [-0.2, 0) is 16.3 Å². The maximum atomic E-state index is 6.80. The van der Waals surface area contributed by atoms with Gasteiger partial charge in [-0.1, -0.05) is 85.3 Å². The van der Waals surface area contributed by atoms with E-state index in [4.69, 9.17) is 16.3 Å². The van der Waals surface area contributed by atoms with E-state index in [-0.39, 0.29) is 5.92 Å². The standard InChI is InChI=1S/C25H26NOPS/c29-28(20-11-3-1-4-12-20,26-17-9-2-10-18-26)27-19-25-23-15-7-5-13-21(23)22-14-6-8-16-24(22)25/h1,3-8,11-16,25H,2,9-10,17-19H2. The highest BCUT2D eigenvalue weighted by atomic mass is 32.4. The monoisotopic (exact) mass is 419 g/mol. The molecule has 0 saturated carbocycles. The molecule has 29 heavy (non-hydrogen) atoms. The first kappa shape index (κ1) is 19.2. The Hall–Kier alpha value is -1.77. The highest BCUT2D eigenvalue weighted by Crippen LogP contribution is 2.54. The number of nitrogens with zero attached hydrogens (tertiary/aromatic N) is 1. The van der Waals surface area contributed by atoms with E-state index >= 15 is 0 Å². The Labute approximate surface area is 178 Å². The quantitative estimate of drug-likeness (QED) is 0.475. The Kier molecular flexibility index (Phi) is 5.41. The molecular weight excluding hydrogens is 393 g/mol. The summed E-state index contributed by atoms with van der Waals surface area (Å²) in [6.45, 7) is 2.73. The van der Waals surface area contributed by atoms with Gasteiger partial charge >= 0.3 is 0 Å². The second-order valence-electron chi connectivity index (χ2n) is 7.89. The van der Waals surface area contributed by atoms with Crippen molar-refractivity contribution in [3.05, 3.63) is 90.0 Å². The van der Waals surface area contributed by atoms with Gasteiger partial charge in [0.2, 0.25) is 0 Å². The van der Waals surface area contributed by atoms with Gasteiger partial charge in [0.1, 0.15) is 0 Å². The molecule has 1 atom stereocenters. The second kappa shape index (κ2) is 8.16. The third-order valence-electron chi connectivity index (χ3n) is 6.17. The lowest BCUT2D eigenvalue weighted by Gasteiger charge is -2.38. The third-order valence-corrected chi connectivity index (χ3v) is 10.4. The molecule has 4 heteroatoms. The van der Waals surface area contributed by atoms with Gasteiger partial charge in [-0.2, -0.15) is 0 Å². The molecule has 0 bridgehead atoms. The van der Waals surface area contributed by atoms with Crippen molar-refractivity contribution in [1.82, 2.24) is 4.67 Å². The van der Waals surface area contributed by atoms with Crippen LogP contribution in [0.5, 0.6) is 0 Å². The molecule has 1 saturated heterocycles. The molecule has 1 aliphatic heterocycles. The van der Waals surface area contributed by atoms with Gasteiger partial charge in [0.25, 0.3) is 0 Å². The molecule has 1 heterocycles. The maximum absolute atomic E-state index is 6.80. The average molecular weight is 420 g/mol. The lowest BCUT2D eigenvalue weighted by atomic mass is 9.98. The first-order valence-electron chi connectivity index (χ1n) is 10.5. The van der Waals surface area contributed by atoms with E-state index in [0.717, 1.165) is 13.1 Å². The SMILES string of the molecule is S=P(OCC1c2ccccc2-c2ccccc21)(c1ccccc1)N1CCCCC1. The molecule has 148 valence electrons. The molecule has 2 aliphatic rings. The molecule has 0 radical (unpaired) electrons. The van der Waals surface area contributed by atoms with Crippen LogP contribution in [0, 0.1) is 0 Å². The number of benzene rings is 3. The zero-order valence-corrected chi connectivity index (χ0v) is 18.2. The van der Waals surface area contributed by atoms with Crippen LogP contribution in [0.1, 0.15) is 36.3 Å². The van der Waals surface area contributed by atoms with Gasteiger partial charge in [0.15, 0.2) is 6.42 Å². The van der Waals surface area contributed by atoms with Crippen molar-refractivity contribution in [3.8, 4) is 11.1 Å². The predicted molar refractivity (Wildman–Crippen MR) is 125 cm³/mol. The zero-order valence-electron chi connectivity index (χ0n) is 16.5. The summed E-state index contributed by atoms with van der Waals surface area (Å²) in [6, 6.07) is 28.0. The normalized spacial score (nSPS) is 18.8. The molecule has 0 spiro atoms. The van der Waals surface area contributed by atoms with Crippen LogP contribution in [0.2, 0.25) is 0 Å². The summed E-state index contributed by atoms with van der Waals surface area (Å²) in [5.74, 6) is 0.248. The fraction of sp³-hybridized carbons (Fsp3) is 0.280. The highest BCUT2D eigenvalue weighted by molar-refractivity contribution is 8.14. The van der Waals surface area contributed by atoms with E-state index in [9.17, 15) is 0 Å². The van der Waals surface area contributed by atoms with Crippen LogP contribution in [0.3, 0.4) is 0 Å². The van der Waals surface area contributed by atoms with E-state index in [2.05, 4.69) is 83.5 Å². The van der Waals surface area contributed by atoms with Gasteiger partial charge in [-0.05, 0) is 46.9 Å². The Balaban J connectivity index is 1.49. The van der Waals surface area contributed by atoms with Gasteiger partial charge < -0.3 is 4.52 Å². The van der Waals surface area contributed by atoms with Gasteiger partial charge in [-0.15, -0.1) is 0 Å². The first-order chi connectivity index (χ1) is 14.3. The molecule has 0 amide bonds. The molecule has 0 N–H and O–H groups in total. The van der Waals surface area contributed by atoms with E-state index in [1.807, 2.05) is 0 Å². The molecule has 1 aliphatic carbocycles. The Morgan fingerprint density at radius 2 is 1.31 bits per heavy atom. The minimum absolute atomic E-state index is 0.248. The Morgan fingerprint density at radius 3 is 1.93 bits per heavy atom. The number of fused-ring (bicyclic) bond motifs is 3. The molecule has 5 rings (SSSR count). The van der Waals surface area contributed by atoms with Crippen molar-refractivity contribution in [3.63, 3.8) is 0 Å². The van der Waals surface area contributed by atoms with Crippen LogP contribution >= 0.6 is 6.42 Å². The van der Waals surface area contributed by atoms with E-state index in [1.54, 1.807) is 0 Å². The minimum Gasteiger partial charge on any atom is -0.334 e. The first-order valence-corrected chi connectivity index (χ1v) is 13.2. The van der Waals surface area contributed by atoms with E-state index in [0.29, 0.717) is 6.61 Å². The smallest absolute Gasteiger partial charge is 0.161 e. The maximum Gasteiger partial charge on any atom is 0.161 e. The molecule has 3 aromatic rings. The van der Waals surface area contributed by atoms with Gasteiger partial charge in [-0.25, -0.2) is 0 Å². The Morgan fingerprint density at radius 1 is 0.759 bits per heavy atom. The Bertz CT molecular complexity index is 1000. The summed E-state index contributed by atoms with van der Waals surface area (Å²) in [5, 5.41) is 1.18. The molecule has 2 nitrogen and oxygen atoms in total. The average Bonchev–Trinajstić information content (AvgIpc) is 3.12. The van der Waals surface area contributed by atoms with Crippen LogP contribution < -0.4 is 5.30 Å². The van der Waals surface area contributed by atoms with E-state index in [1.165, 1.54) is 46.8 Å². The van der Waals surface area contributed by atoms with Gasteiger partial charge in [0.05, 0.1) is 6.61 Å². The van der Waals surface area contributed by atoms with Crippen LogP contribution in [0.15, 0.2) is 78.9 Å². The number of hydrogen-bond donors (Lipinski definition) is 0. The van der Waals surface area contributed by atoms with Crippen molar-refractivity contribution in [2.45, 2.75) is 25.2 Å². The fourth-order valence-electron chi connectivity index (χ4n) is 4.69. The predicted octanol–water partition coefficient (Wildman–Crippen LogP) is 5.94. The van der Waals surface area contributed by atoms with Crippen molar-refractivity contribution in [1.29, 1.82) is 0 Å². The molecule has 1 fully saturated rings. The molecular formula is C25H26NOPS. The molecule has 3 aromatic carbocycles. The molecule has 0 aromatic heterocycles. The number of rotatable bonds is 5. The summed E-state index contributed by atoms with van der Waals surface area (Å²) in [6.07, 6.45) is 1.46. The zero-order chi connectivity index (χ0) is 19.7. The largest absolute Gasteiger partial charge is 0.334 e. The lowest BCUT2D eigenvalue weighted by molar-refractivity contribution is 0.279. The number of piperidine rings is 1. The number of hydrogen-bond acceptors (Lipinski definition) is 2. The summed E-state index contributed by atoms with van der Waals surface area (Å²) >= 11 is 6.34. The summed E-state index contributed by atoms with van der Waals surface area (Å²) in [7, 11) is 0. The lowest BCUT2D eigenvalue weighted by Crippen LogP contribution is -2.32. The van der Waals surface area contributed by atoms with Crippen LogP contribution in [0.4, 0.5) is 0 Å². The van der Waals surface area contributed by atoms with Crippen LogP contribution in [0.25, 0.3) is 11.1 Å². The van der Waals surface area contributed by atoms with Crippen LogP contribution in [-0.4, -0.2) is 24.4 Å². The fourth-order valence-corrected chi connectivity index (χ4v) is 8.08. The topological polar surface area (TPSA) is 12.5 Å². The third kappa shape index (κ3) is 3.51. The van der Waals surface area contributed by atoms with Gasteiger partial charge in [0, 0.05) is 24.3 Å². The van der Waals surface area contributed by atoms with Crippen molar-refractivity contribution < 1.29 is 4.52 Å². The summed E-state index contributed by atoms with van der Waals surface area (Å²) in [5.41, 5.74) is 5.40. The van der Waals surface area contributed by atoms with E-state index < -0.39 is 6.42 Å². The van der Waals surface area contributed by atoms with Crippen molar-refractivity contribution in [2.24, 2.45) is 0 Å². The van der Waals surface area contributed by atoms with Crippen molar-refractivity contribution in [2.75, 3.05) is 19.7 Å². The van der Waals surface area contributed by atoms with Gasteiger partial charge in [-0.3, -0.25) is 4.67 Å². The summed E-state index contributed by atoms with van der Waals surface area (Å²) < 4.78 is 9.27. The molecule has 1 unspecified atom stereocenters. The summed E-state index contributed by atoms with van der Waals surface area (Å²) in [4.78, 5) is 0. The van der Waals surface area contributed by atoms with Crippen molar-refractivity contribution >= 4 is 23.5 Å². The highest BCUT2D eigenvalue weighted by Gasteiger charge is 2.34. The second-order valence-corrected chi connectivity index (χ2v) is 11.8.